The van der Waals surface area contributed by atoms with Crippen molar-refractivity contribution in [3.8, 4) is 0 Å². The first-order valence-electron chi connectivity index (χ1n) is 9.59. The number of hydrogen-bond donors (Lipinski definition) is 1. The number of benzene rings is 1. The van der Waals surface area contributed by atoms with Gasteiger partial charge in [0.1, 0.15) is 0 Å². The molecule has 24 heavy (non-hydrogen) atoms. The lowest BCUT2D eigenvalue weighted by molar-refractivity contribution is 0.0697. The first-order valence-corrected chi connectivity index (χ1v) is 9.59. The molecule has 0 saturated carbocycles. The molecule has 3 aliphatic heterocycles. The van der Waals surface area contributed by atoms with E-state index in [2.05, 4.69) is 36.2 Å². The molecule has 0 spiro atoms. The highest BCUT2D eigenvalue weighted by Gasteiger charge is 2.39. The maximum absolute atomic E-state index is 12.9. The van der Waals surface area contributed by atoms with E-state index < -0.39 is 0 Å². The lowest BCUT2D eigenvalue weighted by Gasteiger charge is -2.33. The number of carbonyl (C=O) groups is 1. The summed E-state index contributed by atoms with van der Waals surface area (Å²) in [5, 5.41) is 3.54. The molecule has 4 nitrogen and oxygen atoms in total. The van der Waals surface area contributed by atoms with Crippen LogP contribution in [0.3, 0.4) is 0 Å². The van der Waals surface area contributed by atoms with E-state index in [0.29, 0.717) is 12.0 Å². The number of likely N-dealkylation sites (tertiary alicyclic amines) is 1. The summed E-state index contributed by atoms with van der Waals surface area (Å²) in [6.45, 7) is 9.52. The molecule has 4 heteroatoms. The average molecular weight is 327 g/mol. The van der Waals surface area contributed by atoms with Gasteiger partial charge in [-0.3, -0.25) is 4.79 Å². The average Bonchev–Trinajstić information content (AvgIpc) is 2.95. The van der Waals surface area contributed by atoms with Gasteiger partial charge in [0.15, 0.2) is 0 Å². The number of anilines is 1. The summed E-state index contributed by atoms with van der Waals surface area (Å²) < 4.78 is 0. The third-order valence-electron chi connectivity index (χ3n) is 6.24. The Morgan fingerprint density at radius 3 is 2.79 bits per heavy atom. The fourth-order valence-corrected chi connectivity index (χ4v) is 4.76. The third-order valence-corrected chi connectivity index (χ3v) is 6.24. The van der Waals surface area contributed by atoms with Gasteiger partial charge in [-0.1, -0.05) is 6.92 Å². The van der Waals surface area contributed by atoms with E-state index >= 15 is 0 Å². The van der Waals surface area contributed by atoms with Gasteiger partial charge in [0.05, 0.1) is 0 Å². The fraction of sp³-hybridized carbons (Fsp3) is 0.650. The molecule has 1 N–H and O–H groups in total. The normalized spacial score (nSPS) is 27.1. The molecular formula is C20H29N3O. The second-order valence-electron chi connectivity index (χ2n) is 7.70. The van der Waals surface area contributed by atoms with E-state index in [4.69, 9.17) is 0 Å². The molecule has 1 aromatic rings. The Labute approximate surface area is 145 Å². The highest BCUT2D eigenvalue weighted by Crippen LogP contribution is 2.43. The van der Waals surface area contributed by atoms with Crippen molar-refractivity contribution in [3.63, 3.8) is 0 Å². The molecule has 2 saturated heterocycles. The highest BCUT2D eigenvalue weighted by atomic mass is 16.2. The smallest absolute Gasteiger partial charge is 0.253 e. The van der Waals surface area contributed by atoms with Crippen molar-refractivity contribution < 1.29 is 4.79 Å². The van der Waals surface area contributed by atoms with Crippen molar-refractivity contribution in [1.29, 1.82) is 0 Å². The molecule has 2 fully saturated rings. The van der Waals surface area contributed by atoms with Gasteiger partial charge < -0.3 is 15.1 Å². The molecule has 3 aliphatic rings. The Balaban J connectivity index is 1.60. The van der Waals surface area contributed by atoms with E-state index in [1.54, 1.807) is 0 Å². The summed E-state index contributed by atoms with van der Waals surface area (Å²) in [5.74, 6) is 1.50. The van der Waals surface area contributed by atoms with Gasteiger partial charge in [0, 0.05) is 49.4 Å². The monoisotopic (exact) mass is 327 g/mol. The minimum absolute atomic E-state index is 0.222. The number of likely N-dealkylation sites (N-methyl/N-ethyl adjacent to an activating group) is 1. The quantitative estimate of drug-likeness (QED) is 0.907. The summed E-state index contributed by atoms with van der Waals surface area (Å²) >= 11 is 0. The molecule has 4 rings (SSSR count). The first kappa shape index (κ1) is 15.9. The maximum Gasteiger partial charge on any atom is 0.253 e. The van der Waals surface area contributed by atoms with Crippen LogP contribution < -0.4 is 10.2 Å². The largest absolute Gasteiger partial charge is 0.368 e. The van der Waals surface area contributed by atoms with Gasteiger partial charge in [0.25, 0.3) is 5.91 Å². The fourth-order valence-electron chi connectivity index (χ4n) is 4.76. The van der Waals surface area contributed by atoms with Gasteiger partial charge in [-0.25, -0.2) is 0 Å². The van der Waals surface area contributed by atoms with Crippen molar-refractivity contribution >= 4 is 11.6 Å². The first-order chi connectivity index (χ1) is 11.7. The Morgan fingerprint density at radius 2 is 2.04 bits per heavy atom. The minimum atomic E-state index is 0.222. The van der Waals surface area contributed by atoms with Crippen LogP contribution in [0.15, 0.2) is 18.2 Å². The van der Waals surface area contributed by atoms with E-state index in [9.17, 15) is 4.79 Å². The van der Waals surface area contributed by atoms with Crippen LogP contribution in [-0.4, -0.2) is 49.6 Å². The topological polar surface area (TPSA) is 35.6 Å². The van der Waals surface area contributed by atoms with Gasteiger partial charge in [0.2, 0.25) is 0 Å². The van der Waals surface area contributed by atoms with Crippen LogP contribution in [0.4, 0.5) is 5.69 Å². The summed E-state index contributed by atoms with van der Waals surface area (Å²) in [6, 6.07) is 7.03. The van der Waals surface area contributed by atoms with Crippen LogP contribution in [-0.2, 0) is 0 Å². The SMILES string of the molecule is CCN1c2ccc(C(=O)N3CCC(C)CC3)cc2C2CNCCC21. The molecule has 2 unspecified atom stereocenters. The molecule has 0 aromatic heterocycles. The zero-order valence-corrected chi connectivity index (χ0v) is 14.9. The van der Waals surface area contributed by atoms with E-state index in [1.165, 1.54) is 17.7 Å². The summed E-state index contributed by atoms with van der Waals surface area (Å²) in [4.78, 5) is 17.5. The van der Waals surface area contributed by atoms with Gasteiger partial charge in [-0.15, -0.1) is 0 Å². The van der Waals surface area contributed by atoms with Crippen LogP contribution in [0.2, 0.25) is 0 Å². The van der Waals surface area contributed by atoms with Crippen molar-refractivity contribution in [2.24, 2.45) is 5.92 Å². The summed E-state index contributed by atoms with van der Waals surface area (Å²) in [7, 11) is 0. The molecule has 1 amide bonds. The highest BCUT2D eigenvalue weighted by molar-refractivity contribution is 5.95. The molecule has 0 bridgehead atoms. The van der Waals surface area contributed by atoms with Gasteiger partial charge >= 0.3 is 0 Å². The van der Waals surface area contributed by atoms with E-state index in [0.717, 1.165) is 57.0 Å². The van der Waals surface area contributed by atoms with Crippen LogP contribution in [0.5, 0.6) is 0 Å². The molecule has 3 heterocycles. The van der Waals surface area contributed by atoms with Crippen molar-refractivity contribution in [1.82, 2.24) is 10.2 Å². The Bertz CT molecular complexity index is 621. The molecule has 130 valence electrons. The molecule has 0 radical (unpaired) electrons. The standard InChI is InChI=1S/C20H29N3O/c1-3-23-18-5-4-15(20(24)22-10-7-14(2)8-11-22)12-16(18)17-13-21-9-6-19(17)23/h4-5,12,14,17,19,21H,3,6-11,13H2,1-2H3. The second kappa shape index (κ2) is 6.40. The van der Waals surface area contributed by atoms with E-state index in [1.807, 2.05) is 11.0 Å². The van der Waals surface area contributed by atoms with Crippen molar-refractivity contribution in [2.45, 2.75) is 45.1 Å². The number of nitrogens with one attached hydrogen (secondary N) is 1. The Hall–Kier alpha value is -1.55. The minimum Gasteiger partial charge on any atom is -0.368 e. The molecular weight excluding hydrogens is 298 g/mol. The predicted octanol–water partition coefficient (Wildman–Crippen LogP) is 2.84. The summed E-state index contributed by atoms with van der Waals surface area (Å²) in [5.41, 5.74) is 3.61. The van der Waals surface area contributed by atoms with Crippen LogP contribution in [0.25, 0.3) is 0 Å². The Kier molecular flexibility index (Phi) is 4.25. The summed E-state index contributed by atoms with van der Waals surface area (Å²) in [6.07, 6.45) is 3.46. The number of nitrogens with zero attached hydrogens (tertiary/aromatic N) is 2. The molecule has 2 atom stereocenters. The number of fused-ring (bicyclic) bond motifs is 3. The van der Waals surface area contributed by atoms with Crippen molar-refractivity contribution in [2.75, 3.05) is 37.6 Å². The zero-order valence-electron chi connectivity index (χ0n) is 14.9. The number of hydrogen-bond acceptors (Lipinski definition) is 3. The lowest BCUT2D eigenvalue weighted by atomic mass is 9.89. The second-order valence-corrected chi connectivity index (χ2v) is 7.70. The third kappa shape index (κ3) is 2.61. The molecule has 1 aromatic carbocycles. The molecule has 0 aliphatic carbocycles. The van der Waals surface area contributed by atoms with Crippen molar-refractivity contribution in [3.05, 3.63) is 29.3 Å². The predicted molar refractivity (Wildman–Crippen MR) is 97.8 cm³/mol. The van der Waals surface area contributed by atoms with Gasteiger partial charge in [-0.2, -0.15) is 0 Å². The van der Waals surface area contributed by atoms with Crippen LogP contribution >= 0.6 is 0 Å². The number of amides is 1. The van der Waals surface area contributed by atoms with Crippen LogP contribution in [0, 0.1) is 5.92 Å². The number of piperidine rings is 2. The number of carbonyl (C=O) groups excluding carboxylic acids is 1. The lowest BCUT2D eigenvalue weighted by Crippen LogP contribution is -2.44. The van der Waals surface area contributed by atoms with Gasteiger partial charge in [-0.05, 0) is 62.4 Å². The van der Waals surface area contributed by atoms with E-state index in [-0.39, 0.29) is 5.91 Å². The Morgan fingerprint density at radius 1 is 1.25 bits per heavy atom. The van der Waals surface area contributed by atoms with Crippen LogP contribution in [0.1, 0.15) is 54.9 Å². The number of rotatable bonds is 2. The maximum atomic E-state index is 12.9. The zero-order chi connectivity index (χ0) is 16.7.